The van der Waals surface area contributed by atoms with Gasteiger partial charge in [0.15, 0.2) is 0 Å². The number of hydrogen-bond acceptors (Lipinski definition) is 4. The van der Waals surface area contributed by atoms with Gasteiger partial charge in [-0.05, 0) is 37.3 Å². The van der Waals surface area contributed by atoms with Crippen molar-refractivity contribution in [2.75, 3.05) is 6.61 Å². The number of rotatable bonds is 7. The molecule has 4 rings (SSSR count). The number of ether oxygens (including phenoxy) is 1. The van der Waals surface area contributed by atoms with E-state index in [1.807, 2.05) is 60.7 Å². The summed E-state index contributed by atoms with van der Waals surface area (Å²) < 4.78 is 5.12. The van der Waals surface area contributed by atoms with Gasteiger partial charge in [-0.3, -0.25) is 14.4 Å². The molecule has 1 atom stereocenters. The van der Waals surface area contributed by atoms with E-state index in [2.05, 4.69) is 0 Å². The maximum absolute atomic E-state index is 13.8. The van der Waals surface area contributed by atoms with Crippen LogP contribution in [0.25, 0.3) is 0 Å². The molecule has 162 valence electrons. The van der Waals surface area contributed by atoms with E-state index in [1.54, 1.807) is 16.7 Å². The Morgan fingerprint density at radius 2 is 1.55 bits per heavy atom. The van der Waals surface area contributed by atoms with Gasteiger partial charge in [-0.15, -0.1) is 0 Å². The van der Waals surface area contributed by atoms with E-state index >= 15 is 0 Å². The molecule has 0 aromatic heterocycles. The monoisotopic (exact) mass is 420 g/mol. The van der Waals surface area contributed by atoms with Crippen molar-refractivity contribution in [2.45, 2.75) is 57.3 Å². The third kappa shape index (κ3) is 4.07. The molecule has 1 spiro atoms. The van der Waals surface area contributed by atoms with Crippen LogP contribution in [0, 0.1) is 0 Å². The first-order valence-corrected chi connectivity index (χ1v) is 10.9. The lowest BCUT2D eigenvalue weighted by Gasteiger charge is -2.56. The molecule has 1 saturated heterocycles. The number of carbonyl (C=O) groups excluding carboxylic acids is 3. The molecule has 2 amide bonds. The van der Waals surface area contributed by atoms with E-state index in [-0.39, 0.29) is 24.8 Å². The van der Waals surface area contributed by atoms with E-state index in [0.717, 1.165) is 17.5 Å². The molecule has 1 aliphatic carbocycles. The van der Waals surface area contributed by atoms with Crippen LogP contribution in [0.15, 0.2) is 60.7 Å². The molecule has 1 aliphatic heterocycles. The van der Waals surface area contributed by atoms with Gasteiger partial charge in [0.25, 0.3) is 0 Å². The number of nitrogens with zero attached hydrogens (tertiary/aromatic N) is 2. The predicted octanol–water partition coefficient (Wildman–Crippen LogP) is 3.30. The van der Waals surface area contributed by atoms with Crippen LogP contribution in [0.1, 0.15) is 43.7 Å². The number of carbonyl (C=O) groups is 3. The van der Waals surface area contributed by atoms with Crippen LogP contribution in [-0.2, 0) is 32.2 Å². The molecule has 0 bridgehead atoms. The molecule has 6 heteroatoms. The summed E-state index contributed by atoms with van der Waals surface area (Å²) in [5.74, 6) is -0.699. The maximum Gasteiger partial charge on any atom is 0.308 e. The average Bonchev–Trinajstić information content (AvgIpc) is 2.75. The third-order valence-electron chi connectivity index (χ3n) is 6.33. The highest BCUT2D eigenvalue weighted by Gasteiger charge is 2.59. The minimum absolute atomic E-state index is 0.0626. The van der Waals surface area contributed by atoms with Gasteiger partial charge in [0, 0.05) is 13.1 Å². The molecular formula is C25H28N2O4. The van der Waals surface area contributed by atoms with Crippen LogP contribution in [0.3, 0.4) is 0 Å². The molecule has 2 aliphatic rings. The lowest BCUT2D eigenvalue weighted by molar-refractivity contribution is -0.181. The first-order valence-electron chi connectivity index (χ1n) is 10.9. The van der Waals surface area contributed by atoms with Gasteiger partial charge < -0.3 is 14.5 Å². The zero-order valence-corrected chi connectivity index (χ0v) is 17.8. The highest BCUT2D eigenvalue weighted by molar-refractivity contribution is 6.01. The van der Waals surface area contributed by atoms with Crippen LogP contribution < -0.4 is 0 Å². The summed E-state index contributed by atoms with van der Waals surface area (Å²) in [7, 11) is 0. The lowest BCUT2D eigenvalue weighted by atomic mass is 9.71. The van der Waals surface area contributed by atoms with Crippen LogP contribution in [0.4, 0.5) is 0 Å². The summed E-state index contributed by atoms with van der Waals surface area (Å²) in [6.07, 6.45) is 2.09. The zero-order valence-electron chi connectivity index (χ0n) is 17.8. The Balaban J connectivity index is 1.68. The summed E-state index contributed by atoms with van der Waals surface area (Å²) in [5, 5.41) is 0. The van der Waals surface area contributed by atoms with Crippen molar-refractivity contribution in [3.8, 4) is 0 Å². The fraction of sp³-hybridized carbons (Fsp3) is 0.400. The molecule has 2 fully saturated rings. The first-order chi connectivity index (χ1) is 15.0. The molecule has 6 nitrogen and oxygen atoms in total. The smallest absolute Gasteiger partial charge is 0.308 e. The summed E-state index contributed by atoms with van der Waals surface area (Å²) >= 11 is 0. The summed E-state index contributed by atoms with van der Waals surface area (Å²) in [6.45, 7) is 2.64. The largest absolute Gasteiger partial charge is 0.466 e. The van der Waals surface area contributed by atoms with E-state index in [4.69, 9.17) is 4.74 Å². The minimum Gasteiger partial charge on any atom is -0.466 e. The van der Waals surface area contributed by atoms with Crippen molar-refractivity contribution in [2.24, 2.45) is 0 Å². The molecule has 2 aromatic carbocycles. The second kappa shape index (κ2) is 8.92. The molecule has 1 unspecified atom stereocenters. The molecule has 1 saturated carbocycles. The average molecular weight is 421 g/mol. The highest BCUT2D eigenvalue weighted by Crippen LogP contribution is 2.44. The molecule has 1 heterocycles. The SMILES string of the molecule is CCOC(=O)CC1C(=O)N(Cc2ccccc2)C2(CCC2)C(=O)N1Cc1ccccc1. The molecular weight excluding hydrogens is 392 g/mol. The number of esters is 1. The minimum atomic E-state index is -0.860. The van der Waals surface area contributed by atoms with E-state index in [9.17, 15) is 14.4 Å². The Bertz CT molecular complexity index is 941. The molecule has 2 aromatic rings. The Kier molecular flexibility index (Phi) is 6.07. The standard InChI is InChI=1S/C25H28N2O4/c1-2-31-22(28)16-21-23(29)27(18-20-12-7-4-8-13-20)25(14-9-15-25)24(30)26(21)17-19-10-5-3-6-11-19/h3-8,10-13,21H,2,9,14-18H2,1H3. The van der Waals surface area contributed by atoms with E-state index in [1.165, 1.54) is 0 Å². The van der Waals surface area contributed by atoms with Gasteiger partial charge in [-0.2, -0.15) is 0 Å². The van der Waals surface area contributed by atoms with Gasteiger partial charge in [-0.25, -0.2) is 0 Å². The predicted molar refractivity (Wildman–Crippen MR) is 116 cm³/mol. The molecule has 0 N–H and O–H groups in total. The van der Waals surface area contributed by atoms with Gasteiger partial charge >= 0.3 is 5.97 Å². The summed E-state index contributed by atoms with van der Waals surface area (Å²) in [5.41, 5.74) is 1.09. The Morgan fingerprint density at radius 3 is 2.06 bits per heavy atom. The van der Waals surface area contributed by atoms with Crippen molar-refractivity contribution >= 4 is 17.8 Å². The van der Waals surface area contributed by atoms with Gasteiger partial charge in [-0.1, -0.05) is 60.7 Å². The topological polar surface area (TPSA) is 66.9 Å². The van der Waals surface area contributed by atoms with E-state index in [0.29, 0.717) is 25.9 Å². The maximum atomic E-state index is 13.8. The van der Waals surface area contributed by atoms with Crippen LogP contribution >= 0.6 is 0 Å². The van der Waals surface area contributed by atoms with E-state index < -0.39 is 17.6 Å². The van der Waals surface area contributed by atoms with Crippen LogP contribution in [0.2, 0.25) is 0 Å². The molecule has 31 heavy (non-hydrogen) atoms. The first kappa shape index (κ1) is 21.1. The third-order valence-corrected chi connectivity index (χ3v) is 6.33. The Morgan fingerprint density at radius 1 is 0.968 bits per heavy atom. The Labute approximate surface area is 182 Å². The van der Waals surface area contributed by atoms with Gasteiger partial charge in [0.1, 0.15) is 11.6 Å². The number of benzene rings is 2. The highest BCUT2D eigenvalue weighted by atomic mass is 16.5. The van der Waals surface area contributed by atoms with Crippen molar-refractivity contribution in [1.29, 1.82) is 0 Å². The van der Waals surface area contributed by atoms with Gasteiger partial charge in [0.05, 0.1) is 13.0 Å². The number of amides is 2. The fourth-order valence-electron chi connectivity index (χ4n) is 4.58. The van der Waals surface area contributed by atoms with Crippen molar-refractivity contribution in [1.82, 2.24) is 9.80 Å². The second-order valence-corrected chi connectivity index (χ2v) is 8.24. The normalized spacial score (nSPS) is 20.0. The van der Waals surface area contributed by atoms with Crippen molar-refractivity contribution < 1.29 is 19.1 Å². The number of hydrogen-bond donors (Lipinski definition) is 0. The fourth-order valence-corrected chi connectivity index (χ4v) is 4.58. The summed E-state index contributed by atoms with van der Waals surface area (Å²) in [6, 6.07) is 18.4. The number of piperazine rings is 1. The lowest BCUT2D eigenvalue weighted by Crippen LogP contribution is -2.73. The van der Waals surface area contributed by atoms with Crippen molar-refractivity contribution in [3.05, 3.63) is 71.8 Å². The quantitative estimate of drug-likeness (QED) is 0.645. The van der Waals surface area contributed by atoms with Crippen LogP contribution in [0.5, 0.6) is 0 Å². The molecule has 0 radical (unpaired) electrons. The van der Waals surface area contributed by atoms with Crippen molar-refractivity contribution in [3.63, 3.8) is 0 Å². The zero-order chi connectivity index (χ0) is 21.8. The van der Waals surface area contributed by atoms with Gasteiger partial charge in [0.2, 0.25) is 11.8 Å². The Hall–Kier alpha value is -3.15. The summed E-state index contributed by atoms with van der Waals surface area (Å²) in [4.78, 5) is 43.2. The second-order valence-electron chi connectivity index (χ2n) is 8.24. The van der Waals surface area contributed by atoms with Crippen LogP contribution in [-0.4, -0.2) is 45.8 Å².